The van der Waals surface area contributed by atoms with Gasteiger partial charge in [-0.25, -0.2) is 13.4 Å². The molecule has 1 aromatic carbocycles. The summed E-state index contributed by atoms with van der Waals surface area (Å²) in [5.41, 5.74) is 1.69. The van der Waals surface area contributed by atoms with E-state index in [1.165, 1.54) is 20.5 Å². The smallest absolute Gasteiger partial charge is 0.283 e. The molecule has 0 saturated carbocycles. The van der Waals surface area contributed by atoms with Gasteiger partial charge in [0.2, 0.25) is 5.91 Å². The molecule has 5 rings (SSSR count). The molecule has 4 heterocycles. The fraction of sp³-hybridized carbons (Fsp3) is 0.480. The number of benzene rings is 1. The number of carbonyl (C=O) groups is 2. The van der Waals surface area contributed by atoms with E-state index in [1.807, 2.05) is 7.05 Å². The SMILES string of the molecule is CN1CCc2nc(C(=O)N3CCN(S(=O)(=O)c4[nH]c5ccc(Cl)cc5c4CO)CC3CC(=O)N(C)C)sc2C1. The Kier molecular flexibility index (Phi) is 7.74. The van der Waals surface area contributed by atoms with E-state index in [-0.39, 0.29) is 48.5 Å². The topological polar surface area (TPSA) is 130 Å². The van der Waals surface area contributed by atoms with Crippen molar-refractivity contribution >= 4 is 55.7 Å². The Morgan fingerprint density at radius 3 is 2.74 bits per heavy atom. The zero-order valence-corrected chi connectivity index (χ0v) is 24.4. The maximum atomic E-state index is 13.8. The summed E-state index contributed by atoms with van der Waals surface area (Å²) in [5, 5.41) is 11.3. The van der Waals surface area contributed by atoms with Crippen LogP contribution < -0.4 is 0 Å². The van der Waals surface area contributed by atoms with E-state index in [2.05, 4.69) is 14.9 Å². The molecule has 11 nitrogen and oxygen atoms in total. The van der Waals surface area contributed by atoms with Gasteiger partial charge in [-0.3, -0.25) is 9.59 Å². The number of aliphatic hydroxyl groups excluding tert-OH is 1. The number of hydrogen-bond acceptors (Lipinski definition) is 8. The number of aromatic amines is 1. The van der Waals surface area contributed by atoms with E-state index < -0.39 is 22.7 Å². The van der Waals surface area contributed by atoms with Crippen molar-refractivity contribution in [1.82, 2.24) is 29.0 Å². The summed E-state index contributed by atoms with van der Waals surface area (Å²) in [6, 6.07) is 4.23. The quantitative estimate of drug-likeness (QED) is 0.445. The minimum Gasteiger partial charge on any atom is -0.392 e. The van der Waals surface area contributed by atoms with Gasteiger partial charge in [0.15, 0.2) is 10.0 Å². The molecule has 39 heavy (non-hydrogen) atoms. The van der Waals surface area contributed by atoms with Gasteiger partial charge in [0.05, 0.1) is 18.3 Å². The lowest BCUT2D eigenvalue weighted by atomic mass is 10.1. The van der Waals surface area contributed by atoms with Crippen molar-refractivity contribution in [3.63, 3.8) is 0 Å². The average molecular weight is 595 g/mol. The van der Waals surface area contributed by atoms with Gasteiger partial charge in [-0.1, -0.05) is 11.6 Å². The summed E-state index contributed by atoms with van der Waals surface area (Å²) in [6.45, 7) is 1.18. The van der Waals surface area contributed by atoms with Crippen LogP contribution in [0, 0.1) is 0 Å². The van der Waals surface area contributed by atoms with Crippen LogP contribution in [0.5, 0.6) is 0 Å². The highest BCUT2D eigenvalue weighted by Crippen LogP contribution is 2.32. The predicted octanol–water partition coefficient (Wildman–Crippen LogP) is 1.75. The van der Waals surface area contributed by atoms with E-state index in [4.69, 9.17) is 11.6 Å². The van der Waals surface area contributed by atoms with Crippen molar-refractivity contribution in [2.75, 3.05) is 47.3 Å². The van der Waals surface area contributed by atoms with Gasteiger partial charge in [-0.05, 0) is 25.2 Å². The van der Waals surface area contributed by atoms with E-state index in [9.17, 15) is 23.1 Å². The number of likely N-dealkylation sites (N-methyl/N-ethyl adjacent to an activating group) is 1. The third-order valence-corrected chi connectivity index (χ3v) is 10.5. The Morgan fingerprint density at radius 1 is 1.26 bits per heavy atom. The number of amides is 2. The second kappa shape index (κ2) is 10.8. The molecule has 0 bridgehead atoms. The maximum absolute atomic E-state index is 13.8. The molecule has 1 saturated heterocycles. The van der Waals surface area contributed by atoms with Crippen molar-refractivity contribution in [2.24, 2.45) is 0 Å². The normalized spacial score (nSPS) is 18.9. The monoisotopic (exact) mass is 594 g/mol. The minimum absolute atomic E-state index is 0.0340. The Labute approximate surface area is 236 Å². The van der Waals surface area contributed by atoms with Gasteiger partial charge in [0, 0.05) is 86.0 Å². The molecule has 0 radical (unpaired) electrons. The molecule has 0 spiro atoms. The van der Waals surface area contributed by atoms with E-state index in [1.54, 1.807) is 37.2 Å². The zero-order chi connectivity index (χ0) is 28.1. The highest BCUT2D eigenvalue weighted by Gasteiger charge is 2.40. The first-order valence-electron chi connectivity index (χ1n) is 12.6. The third kappa shape index (κ3) is 5.31. The number of nitrogens with one attached hydrogen (secondary N) is 1. The molecule has 2 amide bonds. The number of aromatic nitrogens is 2. The highest BCUT2D eigenvalue weighted by atomic mass is 35.5. The van der Waals surface area contributed by atoms with Crippen LogP contribution in [0.4, 0.5) is 0 Å². The van der Waals surface area contributed by atoms with Crippen LogP contribution in [0.1, 0.15) is 32.4 Å². The van der Waals surface area contributed by atoms with Crippen molar-refractivity contribution in [3.05, 3.63) is 44.4 Å². The minimum atomic E-state index is -4.10. The van der Waals surface area contributed by atoms with Crippen LogP contribution in [0.15, 0.2) is 23.2 Å². The lowest BCUT2D eigenvalue weighted by Gasteiger charge is -2.40. The predicted molar refractivity (Wildman–Crippen MR) is 148 cm³/mol. The second-order valence-electron chi connectivity index (χ2n) is 10.2. The van der Waals surface area contributed by atoms with Crippen LogP contribution in [0.2, 0.25) is 5.02 Å². The molecule has 1 fully saturated rings. The lowest BCUT2D eigenvalue weighted by Crippen LogP contribution is -2.57. The van der Waals surface area contributed by atoms with Crippen LogP contribution in [-0.2, 0) is 34.4 Å². The van der Waals surface area contributed by atoms with Crippen molar-refractivity contribution in [1.29, 1.82) is 0 Å². The summed E-state index contributed by atoms with van der Waals surface area (Å²) >= 11 is 7.48. The second-order valence-corrected chi connectivity index (χ2v) is 13.6. The number of H-pyrrole nitrogens is 1. The summed E-state index contributed by atoms with van der Waals surface area (Å²) in [4.78, 5) is 40.2. The van der Waals surface area contributed by atoms with Crippen molar-refractivity contribution in [2.45, 2.75) is 37.1 Å². The van der Waals surface area contributed by atoms with Crippen LogP contribution in [0.3, 0.4) is 0 Å². The molecular formula is C25H31ClN6O5S2. The van der Waals surface area contributed by atoms with Gasteiger partial charge in [-0.15, -0.1) is 11.3 Å². The van der Waals surface area contributed by atoms with Crippen LogP contribution in [0.25, 0.3) is 10.9 Å². The fourth-order valence-corrected chi connectivity index (χ4v) is 8.10. The number of nitrogens with zero attached hydrogens (tertiary/aromatic N) is 5. The van der Waals surface area contributed by atoms with E-state index in [0.717, 1.165) is 30.1 Å². The Bertz CT molecular complexity index is 1530. The van der Waals surface area contributed by atoms with Crippen molar-refractivity contribution < 1.29 is 23.1 Å². The number of halogens is 1. The number of aliphatic hydroxyl groups is 1. The molecule has 2 N–H and O–H groups in total. The molecule has 1 atom stereocenters. The number of sulfonamides is 1. The van der Waals surface area contributed by atoms with Gasteiger partial charge < -0.3 is 24.8 Å². The van der Waals surface area contributed by atoms with Gasteiger partial charge >= 0.3 is 0 Å². The molecular weight excluding hydrogens is 564 g/mol. The summed E-state index contributed by atoms with van der Waals surface area (Å²) < 4.78 is 28.9. The van der Waals surface area contributed by atoms with Crippen LogP contribution >= 0.6 is 22.9 Å². The molecule has 3 aromatic rings. The van der Waals surface area contributed by atoms with E-state index >= 15 is 0 Å². The standard InChI is InChI=1S/C25H31ClN6O5S2/c1-29(2)22(34)11-16-12-31(39(36,37)24-18(14-33)17-10-15(26)4-5-19(17)28-24)8-9-32(16)25(35)23-27-20-6-7-30(3)13-21(20)38-23/h4-5,10,16,28,33H,6-9,11-14H2,1-3H3. The summed E-state index contributed by atoms with van der Waals surface area (Å²) in [5.74, 6) is -0.504. The largest absolute Gasteiger partial charge is 0.392 e. The Hall–Kier alpha value is -2.55. The number of carbonyl (C=O) groups excluding carboxylic acids is 2. The zero-order valence-electron chi connectivity index (χ0n) is 22.0. The number of thiazole rings is 1. The molecule has 2 aliphatic heterocycles. The summed E-state index contributed by atoms with van der Waals surface area (Å²) in [6.07, 6.45) is 0.737. The molecule has 210 valence electrons. The van der Waals surface area contributed by atoms with Gasteiger partial charge in [-0.2, -0.15) is 4.31 Å². The number of piperazine rings is 1. The molecule has 1 unspecified atom stereocenters. The number of fused-ring (bicyclic) bond motifs is 2. The first-order valence-corrected chi connectivity index (χ1v) is 15.2. The molecule has 0 aliphatic carbocycles. The van der Waals surface area contributed by atoms with Gasteiger partial charge in [0.25, 0.3) is 15.9 Å². The Morgan fingerprint density at radius 2 is 2.03 bits per heavy atom. The van der Waals surface area contributed by atoms with Crippen molar-refractivity contribution in [3.8, 4) is 0 Å². The number of hydrogen-bond donors (Lipinski definition) is 2. The maximum Gasteiger partial charge on any atom is 0.283 e. The molecule has 14 heteroatoms. The highest BCUT2D eigenvalue weighted by molar-refractivity contribution is 7.89. The fourth-order valence-electron chi connectivity index (χ4n) is 5.11. The third-order valence-electron chi connectivity index (χ3n) is 7.31. The average Bonchev–Trinajstić information content (AvgIpc) is 3.49. The number of rotatable bonds is 6. The Balaban J connectivity index is 1.45. The lowest BCUT2D eigenvalue weighted by molar-refractivity contribution is -0.130. The van der Waals surface area contributed by atoms with Gasteiger partial charge in [0.1, 0.15) is 0 Å². The van der Waals surface area contributed by atoms with Crippen LogP contribution in [-0.4, -0.2) is 108 Å². The summed E-state index contributed by atoms with van der Waals surface area (Å²) in [7, 11) is 1.18. The van der Waals surface area contributed by atoms with E-state index in [0.29, 0.717) is 20.9 Å². The molecule has 2 aromatic heterocycles. The first kappa shape index (κ1) is 28.0. The first-order chi connectivity index (χ1) is 18.5. The molecule has 2 aliphatic rings.